The second-order valence-electron chi connectivity index (χ2n) is 10.5. The van der Waals surface area contributed by atoms with Crippen LogP contribution in [-0.4, -0.2) is 59.3 Å². The maximum atomic E-state index is 14.1. The molecule has 0 aliphatic heterocycles. The molecule has 2 aromatic rings. The highest BCUT2D eigenvalue weighted by molar-refractivity contribution is 7.58. The minimum absolute atomic E-state index is 0.168. The van der Waals surface area contributed by atoms with Crippen LogP contribution in [0.5, 0.6) is 0 Å². The van der Waals surface area contributed by atoms with Gasteiger partial charge in [0.05, 0.1) is 24.4 Å². The fraction of sp³-hybridized carbons (Fsp3) is 0.469. The average Bonchev–Trinajstić information content (AvgIpc) is 3.25. The number of allylic oxidation sites excluding steroid dienone is 2. The standard InChI is InChI=1S/C32H41FO6PSi/c1-3-37-40(2,36)22-12-5-4-9-16-27-28(21-20-26(39-41)19-18-24-13-10-11-17-29(24)33)31(23-30(27)34)38-32(35)25-14-7-6-8-15-25/h4,6-11,13-15,17,20-21,26-28,30-31,34H,3,5,12,16,18-19,22-23H2,1-2H3. The van der Waals surface area contributed by atoms with Crippen molar-refractivity contribution >= 4 is 23.8 Å². The fourth-order valence-electron chi connectivity index (χ4n) is 5.24. The van der Waals surface area contributed by atoms with Crippen LogP contribution in [0.1, 0.15) is 54.9 Å². The predicted molar refractivity (Wildman–Crippen MR) is 161 cm³/mol. The first-order valence-corrected chi connectivity index (χ1v) is 16.9. The zero-order valence-corrected chi connectivity index (χ0v) is 25.8. The molecule has 41 heavy (non-hydrogen) atoms. The maximum absolute atomic E-state index is 14.1. The number of rotatable bonds is 16. The lowest BCUT2D eigenvalue weighted by Crippen LogP contribution is -2.25. The maximum Gasteiger partial charge on any atom is 0.338 e. The Morgan fingerprint density at radius 2 is 1.90 bits per heavy atom. The average molecular weight is 600 g/mol. The lowest BCUT2D eigenvalue weighted by Gasteiger charge is -2.23. The number of carbonyl (C=O) groups is 1. The Morgan fingerprint density at radius 3 is 2.61 bits per heavy atom. The molecule has 221 valence electrons. The Bertz CT molecular complexity index is 1190. The smallest absolute Gasteiger partial charge is 0.338 e. The first-order valence-electron chi connectivity index (χ1n) is 14.3. The molecular formula is C32H41FO6PSi. The molecule has 0 bridgehead atoms. The number of aryl methyl sites for hydroxylation is 1. The third-order valence-electron chi connectivity index (χ3n) is 7.43. The van der Waals surface area contributed by atoms with Crippen LogP contribution in [0, 0.1) is 17.7 Å². The molecule has 0 aromatic heterocycles. The molecule has 1 aliphatic carbocycles. The quantitative estimate of drug-likeness (QED) is 0.0763. The molecule has 0 saturated heterocycles. The molecular weight excluding hydrogens is 558 g/mol. The van der Waals surface area contributed by atoms with Crippen LogP contribution in [0.15, 0.2) is 78.9 Å². The van der Waals surface area contributed by atoms with Crippen LogP contribution < -0.4 is 0 Å². The minimum Gasteiger partial charge on any atom is -0.458 e. The second-order valence-corrected chi connectivity index (χ2v) is 13.5. The fourth-order valence-corrected chi connectivity index (χ4v) is 6.87. The second kappa shape index (κ2) is 16.9. The number of carbonyl (C=O) groups excluding carboxylic acids is 1. The van der Waals surface area contributed by atoms with Gasteiger partial charge >= 0.3 is 5.97 Å². The van der Waals surface area contributed by atoms with Gasteiger partial charge in [0, 0.05) is 25.2 Å². The highest BCUT2D eigenvalue weighted by Crippen LogP contribution is 2.43. The van der Waals surface area contributed by atoms with Crippen molar-refractivity contribution < 1.29 is 32.5 Å². The van der Waals surface area contributed by atoms with Crippen molar-refractivity contribution in [3.05, 3.63) is 95.8 Å². The van der Waals surface area contributed by atoms with Crippen molar-refractivity contribution in [1.82, 2.24) is 0 Å². The highest BCUT2D eigenvalue weighted by atomic mass is 31.2. The summed E-state index contributed by atoms with van der Waals surface area (Å²) in [4.78, 5) is 12.9. The molecule has 1 aliphatic rings. The molecule has 6 unspecified atom stereocenters. The Hall–Kier alpha value is -2.35. The topological polar surface area (TPSA) is 82.1 Å². The number of esters is 1. The molecule has 1 N–H and O–H groups in total. The van der Waals surface area contributed by atoms with Crippen molar-refractivity contribution in [3.63, 3.8) is 0 Å². The Labute approximate surface area is 247 Å². The van der Waals surface area contributed by atoms with Gasteiger partial charge in [-0.25, -0.2) is 9.18 Å². The van der Waals surface area contributed by atoms with E-state index in [1.54, 1.807) is 49.1 Å². The number of benzene rings is 2. The number of aliphatic hydroxyl groups excluding tert-OH is 1. The summed E-state index contributed by atoms with van der Waals surface area (Å²) in [5.74, 6) is -1.08. The zero-order valence-electron chi connectivity index (χ0n) is 23.9. The summed E-state index contributed by atoms with van der Waals surface area (Å²) in [6.45, 7) is 3.95. The molecule has 0 heterocycles. The largest absolute Gasteiger partial charge is 0.458 e. The van der Waals surface area contributed by atoms with Gasteiger partial charge in [-0.2, -0.15) is 0 Å². The first-order chi connectivity index (χ1) is 19.7. The van der Waals surface area contributed by atoms with Crippen molar-refractivity contribution in [3.8, 4) is 0 Å². The van der Waals surface area contributed by atoms with Crippen molar-refractivity contribution in [1.29, 1.82) is 0 Å². The molecule has 0 spiro atoms. The van der Waals surface area contributed by atoms with Gasteiger partial charge in [0.1, 0.15) is 11.9 Å². The predicted octanol–water partition coefficient (Wildman–Crippen LogP) is 6.68. The lowest BCUT2D eigenvalue weighted by atomic mass is 9.89. The van der Waals surface area contributed by atoms with Gasteiger partial charge < -0.3 is 18.8 Å². The number of hydrogen-bond acceptors (Lipinski definition) is 6. The zero-order chi connectivity index (χ0) is 29.7. The monoisotopic (exact) mass is 599 g/mol. The molecule has 3 radical (unpaired) electrons. The van der Waals surface area contributed by atoms with E-state index in [9.17, 15) is 18.9 Å². The van der Waals surface area contributed by atoms with Gasteiger partial charge in [-0.1, -0.05) is 60.7 Å². The van der Waals surface area contributed by atoms with Gasteiger partial charge in [-0.3, -0.25) is 4.57 Å². The molecule has 6 atom stereocenters. The van der Waals surface area contributed by atoms with Gasteiger partial charge in [-0.15, -0.1) is 0 Å². The van der Waals surface area contributed by atoms with Crippen LogP contribution >= 0.6 is 7.37 Å². The third-order valence-corrected chi connectivity index (χ3v) is 9.66. The van der Waals surface area contributed by atoms with E-state index >= 15 is 0 Å². The Kier molecular flexibility index (Phi) is 13.7. The molecule has 1 fully saturated rings. The van der Waals surface area contributed by atoms with E-state index in [2.05, 4.69) is 10.5 Å². The van der Waals surface area contributed by atoms with E-state index in [-0.39, 0.29) is 23.8 Å². The van der Waals surface area contributed by atoms with Crippen LogP contribution in [0.2, 0.25) is 0 Å². The van der Waals surface area contributed by atoms with E-state index in [1.165, 1.54) is 6.07 Å². The number of aliphatic hydroxyl groups is 1. The summed E-state index contributed by atoms with van der Waals surface area (Å²) in [5.41, 5.74) is 1.07. The van der Waals surface area contributed by atoms with Gasteiger partial charge in [0.25, 0.3) is 0 Å². The summed E-state index contributed by atoms with van der Waals surface area (Å²) >= 11 is 0. The van der Waals surface area contributed by atoms with Crippen LogP contribution in [-0.2, 0) is 24.7 Å². The van der Waals surface area contributed by atoms with Gasteiger partial charge in [0.2, 0.25) is 10.5 Å². The Morgan fingerprint density at radius 1 is 1.17 bits per heavy atom. The van der Waals surface area contributed by atoms with Crippen LogP contribution in [0.25, 0.3) is 0 Å². The normalized spacial score (nSPS) is 23.1. The van der Waals surface area contributed by atoms with Crippen molar-refractivity contribution in [2.75, 3.05) is 19.4 Å². The van der Waals surface area contributed by atoms with E-state index in [0.29, 0.717) is 49.6 Å². The summed E-state index contributed by atoms with van der Waals surface area (Å²) in [5, 5.41) is 11.0. The summed E-state index contributed by atoms with van der Waals surface area (Å²) in [6.07, 6.45) is 10.4. The van der Waals surface area contributed by atoms with Gasteiger partial charge in [0.15, 0.2) is 7.37 Å². The van der Waals surface area contributed by atoms with Crippen molar-refractivity contribution in [2.45, 2.75) is 63.8 Å². The van der Waals surface area contributed by atoms with Crippen molar-refractivity contribution in [2.24, 2.45) is 11.8 Å². The molecule has 0 amide bonds. The van der Waals surface area contributed by atoms with E-state index in [0.717, 1.165) is 12.8 Å². The van der Waals surface area contributed by atoms with E-state index < -0.39 is 25.5 Å². The molecule has 2 aromatic carbocycles. The lowest BCUT2D eigenvalue weighted by molar-refractivity contribution is 0.0223. The van der Waals surface area contributed by atoms with Crippen LogP contribution in [0.4, 0.5) is 4.39 Å². The molecule has 1 saturated carbocycles. The number of hydrogen-bond donors (Lipinski definition) is 1. The summed E-state index contributed by atoms with van der Waals surface area (Å²) in [6, 6.07) is 15.5. The van der Waals surface area contributed by atoms with Crippen LogP contribution in [0.3, 0.4) is 0 Å². The summed E-state index contributed by atoms with van der Waals surface area (Å²) in [7, 11) is 0.608. The van der Waals surface area contributed by atoms with E-state index in [1.807, 2.05) is 37.3 Å². The summed E-state index contributed by atoms with van der Waals surface area (Å²) < 4.78 is 43.1. The molecule has 3 rings (SSSR count). The molecule has 6 nitrogen and oxygen atoms in total. The number of unbranched alkanes of at least 4 members (excludes halogenated alkanes) is 1. The number of halogens is 1. The Balaban J connectivity index is 1.68. The SMILES string of the molecule is CCOP(C)(=O)CCCC=CCC1C(O)CC(OC(=O)c2ccccc2)C1C=CC(CCc1ccccc1F)O[Si]. The highest BCUT2D eigenvalue weighted by Gasteiger charge is 2.42. The minimum atomic E-state index is -2.55. The molecule has 9 heteroatoms. The third kappa shape index (κ3) is 10.8. The number of ether oxygens (including phenoxy) is 1. The van der Waals surface area contributed by atoms with E-state index in [4.69, 9.17) is 13.7 Å². The first kappa shape index (κ1) is 33.2. The van der Waals surface area contributed by atoms with Gasteiger partial charge in [-0.05, 0) is 68.7 Å².